The van der Waals surface area contributed by atoms with Gasteiger partial charge in [-0.3, -0.25) is 9.59 Å². The van der Waals surface area contributed by atoms with Gasteiger partial charge in [-0.15, -0.1) is 0 Å². The van der Waals surface area contributed by atoms with Crippen molar-refractivity contribution >= 4 is 27.8 Å². The number of carbonyl (C=O) groups is 2. The average Bonchev–Trinajstić information content (AvgIpc) is 2.54. The summed E-state index contributed by atoms with van der Waals surface area (Å²) in [6, 6.07) is 6.86. The molecule has 7 nitrogen and oxygen atoms in total. The third-order valence-corrected chi connectivity index (χ3v) is 4.06. The van der Waals surface area contributed by atoms with Gasteiger partial charge in [0.25, 0.3) is 5.56 Å². The summed E-state index contributed by atoms with van der Waals surface area (Å²) in [5, 5.41) is 10.4. The maximum atomic E-state index is 12.2. The second-order valence-electron chi connectivity index (χ2n) is 5.06. The van der Waals surface area contributed by atoms with Crippen molar-refractivity contribution in [3.8, 4) is 5.75 Å². The third-order valence-electron chi connectivity index (χ3n) is 3.53. The van der Waals surface area contributed by atoms with Gasteiger partial charge in [0.05, 0.1) is 12.7 Å². The molecule has 0 aliphatic heterocycles. The highest BCUT2D eigenvalue weighted by molar-refractivity contribution is 9.10. The summed E-state index contributed by atoms with van der Waals surface area (Å²) in [7, 11) is 1.15. The zero-order valence-electron chi connectivity index (χ0n) is 12.7. The van der Waals surface area contributed by atoms with Crippen LogP contribution in [0.1, 0.15) is 33.8 Å². The van der Waals surface area contributed by atoms with Crippen molar-refractivity contribution in [2.75, 3.05) is 7.11 Å². The zero-order valence-corrected chi connectivity index (χ0v) is 14.3. The highest BCUT2D eigenvalue weighted by Crippen LogP contribution is 2.33. The van der Waals surface area contributed by atoms with Crippen LogP contribution in [0.4, 0.5) is 0 Å². The number of hydrogen-bond donors (Lipinski definition) is 3. The quantitative estimate of drug-likeness (QED) is 0.665. The predicted molar refractivity (Wildman–Crippen MR) is 89.9 cm³/mol. The zero-order chi connectivity index (χ0) is 17.9. The van der Waals surface area contributed by atoms with Crippen molar-refractivity contribution in [3.63, 3.8) is 0 Å². The van der Waals surface area contributed by atoms with Gasteiger partial charge in [0.2, 0.25) is 5.91 Å². The lowest BCUT2D eigenvalue weighted by Gasteiger charge is -2.18. The van der Waals surface area contributed by atoms with E-state index in [0.29, 0.717) is 5.56 Å². The fraction of sp³-hybridized carbons (Fsp3) is 0.188. The van der Waals surface area contributed by atoms with Gasteiger partial charge in [0.1, 0.15) is 11.3 Å². The topological polar surface area (TPSA) is 122 Å². The van der Waals surface area contributed by atoms with Crippen LogP contribution in [0.2, 0.25) is 0 Å². The van der Waals surface area contributed by atoms with E-state index in [0.717, 1.165) is 17.8 Å². The summed E-state index contributed by atoms with van der Waals surface area (Å²) in [6.45, 7) is 0. The van der Waals surface area contributed by atoms with Crippen LogP contribution in [0.3, 0.4) is 0 Å². The molecule has 8 heteroatoms. The van der Waals surface area contributed by atoms with Gasteiger partial charge in [-0.2, -0.15) is 0 Å². The second-order valence-corrected chi connectivity index (χ2v) is 5.98. The Balaban J connectivity index is 2.66. The normalized spacial score (nSPS) is 11.8. The van der Waals surface area contributed by atoms with E-state index in [9.17, 15) is 19.5 Å². The Kier molecular flexibility index (Phi) is 5.40. The number of benzene rings is 1. The summed E-state index contributed by atoms with van der Waals surface area (Å²) in [6.07, 6.45) is 0.860. The highest BCUT2D eigenvalue weighted by Gasteiger charge is 2.27. The first-order valence-corrected chi connectivity index (χ1v) is 7.71. The number of primary amides is 1. The van der Waals surface area contributed by atoms with Gasteiger partial charge in [0, 0.05) is 23.0 Å². The number of nitrogens with two attached hydrogens (primary N) is 1. The van der Waals surface area contributed by atoms with Crippen LogP contribution in [0.25, 0.3) is 0 Å². The van der Waals surface area contributed by atoms with E-state index < -0.39 is 29.1 Å². The molecule has 0 saturated carbocycles. The van der Waals surface area contributed by atoms with Gasteiger partial charge in [0.15, 0.2) is 0 Å². The number of hydrogen-bond acceptors (Lipinski definition) is 5. The molecule has 0 fully saturated rings. The van der Waals surface area contributed by atoms with Gasteiger partial charge in [-0.1, -0.05) is 28.1 Å². The number of aromatic hydroxyl groups is 1. The minimum absolute atomic E-state index is 0.112. The smallest absolute Gasteiger partial charge is 0.343 e. The van der Waals surface area contributed by atoms with Gasteiger partial charge < -0.3 is 20.6 Å². The van der Waals surface area contributed by atoms with E-state index in [2.05, 4.69) is 25.7 Å². The van der Waals surface area contributed by atoms with Crippen molar-refractivity contribution in [2.45, 2.75) is 12.3 Å². The van der Waals surface area contributed by atoms with Gasteiger partial charge in [-0.05, 0) is 17.7 Å². The molecular weight excluding hydrogens is 380 g/mol. The van der Waals surface area contributed by atoms with Gasteiger partial charge >= 0.3 is 5.97 Å². The van der Waals surface area contributed by atoms with Crippen molar-refractivity contribution in [1.29, 1.82) is 0 Å². The van der Waals surface area contributed by atoms with E-state index in [1.165, 1.54) is 0 Å². The molecule has 2 rings (SSSR count). The number of esters is 1. The molecule has 0 bridgehead atoms. The Morgan fingerprint density at radius 1 is 1.33 bits per heavy atom. The fourth-order valence-corrected chi connectivity index (χ4v) is 2.67. The molecule has 0 unspecified atom stereocenters. The molecule has 1 aromatic carbocycles. The summed E-state index contributed by atoms with van der Waals surface area (Å²) in [5.41, 5.74) is 4.96. The molecule has 0 saturated heterocycles. The minimum atomic E-state index is -0.807. The Bertz CT molecular complexity index is 829. The molecule has 2 aromatic rings. The number of aromatic amines is 1. The number of pyridine rings is 1. The molecule has 0 aliphatic rings. The Labute approximate surface area is 145 Å². The van der Waals surface area contributed by atoms with Crippen LogP contribution >= 0.6 is 15.9 Å². The van der Waals surface area contributed by atoms with E-state index in [-0.39, 0.29) is 17.5 Å². The molecule has 1 aromatic heterocycles. The molecule has 24 heavy (non-hydrogen) atoms. The number of H-pyrrole nitrogens is 1. The monoisotopic (exact) mass is 394 g/mol. The van der Waals surface area contributed by atoms with Gasteiger partial charge in [-0.25, -0.2) is 4.79 Å². The average molecular weight is 395 g/mol. The SMILES string of the molecule is COC(=O)c1c[nH]c(=O)c([C@H](CC(N)=O)c2ccc(Br)cc2)c1O. The van der Waals surface area contributed by atoms with Crippen molar-refractivity contribution in [2.24, 2.45) is 5.73 Å². The molecule has 0 spiro atoms. The van der Waals surface area contributed by atoms with E-state index in [1.54, 1.807) is 24.3 Å². The maximum absolute atomic E-state index is 12.2. The van der Waals surface area contributed by atoms with Crippen LogP contribution in [-0.4, -0.2) is 29.1 Å². The summed E-state index contributed by atoms with van der Waals surface area (Å²) in [5.74, 6) is -2.78. The third kappa shape index (κ3) is 3.65. The largest absolute Gasteiger partial charge is 0.506 e. The number of aromatic nitrogens is 1. The Morgan fingerprint density at radius 3 is 2.50 bits per heavy atom. The second kappa shape index (κ2) is 7.31. The number of methoxy groups -OCH3 is 1. The predicted octanol–water partition coefficient (Wildman–Crippen LogP) is 1.64. The molecule has 0 radical (unpaired) electrons. The lowest BCUT2D eigenvalue weighted by atomic mass is 9.87. The van der Waals surface area contributed by atoms with Crippen molar-refractivity contribution in [3.05, 3.63) is 62.0 Å². The molecular formula is C16H15BrN2O5. The number of amides is 1. The number of rotatable bonds is 5. The lowest BCUT2D eigenvalue weighted by Crippen LogP contribution is -2.23. The Morgan fingerprint density at radius 2 is 1.96 bits per heavy atom. The molecule has 1 atom stereocenters. The summed E-state index contributed by atoms with van der Waals surface area (Å²) in [4.78, 5) is 37.8. The first kappa shape index (κ1) is 17.7. The van der Waals surface area contributed by atoms with Crippen LogP contribution in [-0.2, 0) is 9.53 Å². The van der Waals surface area contributed by atoms with Crippen LogP contribution in [0, 0.1) is 0 Å². The van der Waals surface area contributed by atoms with Crippen LogP contribution < -0.4 is 11.3 Å². The standard InChI is InChI=1S/C16H15BrN2O5/c1-24-16(23)11-7-19-15(22)13(14(11)21)10(6-12(18)20)8-2-4-9(17)5-3-8/h2-5,7,10H,6H2,1H3,(H2,18,20)(H2,19,21,22)/t10-/m1/s1. The fourth-order valence-electron chi connectivity index (χ4n) is 2.41. The number of carbonyl (C=O) groups excluding carboxylic acids is 2. The highest BCUT2D eigenvalue weighted by atomic mass is 79.9. The number of ether oxygens (including phenoxy) is 1. The first-order valence-electron chi connectivity index (χ1n) is 6.91. The maximum Gasteiger partial charge on any atom is 0.343 e. The molecule has 4 N–H and O–H groups in total. The summed E-state index contributed by atoms with van der Waals surface area (Å²) >= 11 is 3.30. The van der Waals surface area contributed by atoms with Crippen molar-refractivity contribution < 1.29 is 19.4 Å². The molecule has 0 aliphatic carbocycles. The summed E-state index contributed by atoms with van der Waals surface area (Å²) < 4.78 is 5.39. The van der Waals surface area contributed by atoms with Crippen molar-refractivity contribution in [1.82, 2.24) is 4.98 Å². The lowest BCUT2D eigenvalue weighted by molar-refractivity contribution is -0.118. The molecule has 1 heterocycles. The Hall–Kier alpha value is -2.61. The van der Waals surface area contributed by atoms with E-state index >= 15 is 0 Å². The van der Waals surface area contributed by atoms with E-state index in [4.69, 9.17) is 5.73 Å². The first-order chi connectivity index (χ1) is 11.3. The van der Waals surface area contributed by atoms with Crippen LogP contribution in [0.5, 0.6) is 5.75 Å². The minimum Gasteiger partial charge on any atom is -0.506 e. The molecule has 126 valence electrons. The van der Waals surface area contributed by atoms with Crippen LogP contribution in [0.15, 0.2) is 39.7 Å². The number of halogens is 1. The van der Waals surface area contributed by atoms with E-state index in [1.807, 2.05) is 0 Å². The number of nitrogens with one attached hydrogen (secondary N) is 1. The molecule has 1 amide bonds.